The van der Waals surface area contributed by atoms with Gasteiger partial charge in [-0.2, -0.15) is 9.97 Å². The van der Waals surface area contributed by atoms with Crippen LogP contribution in [0.1, 0.15) is 82.7 Å². The molecule has 0 bridgehead atoms. The van der Waals surface area contributed by atoms with E-state index in [-0.39, 0.29) is 30.0 Å². The van der Waals surface area contributed by atoms with Gasteiger partial charge in [-0.3, -0.25) is 10.2 Å². The Bertz CT molecular complexity index is 1360. The fourth-order valence-electron chi connectivity index (χ4n) is 4.41. The highest BCUT2D eigenvalue weighted by molar-refractivity contribution is 7.16. The molecule has 2 fully saturated rings. The first kappa shape index (κ1) is 32.3. The van der Waals surface area contributed by atoms with E-state index < -0.39 is 11.2 Å². The zero-order valence-electron chi connectivity index (χ0n) is 25.4. The normalized spacial score (nSPS) is 16.3. The third-order valence-corrected chi connectivity index (χ3v) is 7.76. The number of aromatic amines is 2. The van der Waals surface area contributed by atoms with Crippen LogP contribution in [-0.4, -0.2) is 89.7 Å². The van der Waals surface area contributed by atoms with Crippen molar-refractivity contribution in [3.8, 4) is 0 Å². The lowest BCUT2D eigenvalue weighted by molar-refractivity contribution is 0.00747. The van der Waals surface area contributed by atoms with Crippen LogP contribution in [0.2, 0.25) is 4.34 Å². The molecule has 2 amide bonds. The summed E-state index contributed by atoms with van der Waals surface area (Å²) in [5.74, 6) is 2.85. The number of thiophene rings is 1. The average Bonchev–Trinajstić information content (AvgIpc) is 3.62. The van der Waals surface area contributed by atoms with Gasteiger partial charge in [-0.25, -0.2) is 9.59 Å². The number of nitrogens with two attached hydrogens (primary N) is 1. The molecule has 5 heterocycles. The third kappa shape index (κ3) is 9.71. The van der Waals surface area contributed by atoms with E-state index in [1.165, 1.54) is 11.3 Å². The maximum absolute atomic E-state index is 11.9. The maximum atomic E-state index is 11.9. The number of carbonyl (C=O) groups is 2. The molecule has 43 heavy (non-hydrogen) atoms. The molecule has 3 aromatic rings. The lowest BCUT2D eigenvalue weighted by Crippen LogP contribution is -2.50. The molecule has 0 atom stereocenters. The number of carbonyl (C=O) groups excluding carboxylic acids is 2. The summed E-state index contributed by atoms with van der Waals surface area (Å²) < 4.78 is 11.5. The van der Waals surface area contributed by atoms with Crippen molar-refractivity contribution in [3.05, 3.63) is 33.0 Å². The van der Waals surface area contributed by atoms with Crippen molar-refractivity contribution in [3.63, 3.8) is 0 Å². The van der Waals surface area contributed by atoms with Crippen LogP contribution in [0.4, 0.5) is 21.5 Å². The van der Waals surface area contributed by atoms with E-state index in [9.17, 15) is 9.59 Å². The number of nitrogens with zero attached hydrogens (tertiary/aromatic N) is 6. The predicted molar refractivity (Wildman–Crippen MR) is 164 cm³/mol. The minimum absolute atomic E-state index is 0.164. The highest BCUT2D eigenvalue weighted by atomic mass is 35.5. The van der Waals surface area contributed by atoms with Gasteiger partial charge in [0.2, 0.25) is 11.9 Å². The van der Waals surface area contributed by atoms with Crippen LogP contribution in [0.5, 0.6) is 0 Å². The van der Waals surface area contributed by atoms with Gasteiger partial charge in [0.1, 0.15) is 22.9 Å². The molecule has 14 nitrogen and oxygen atoms in total. The molecule has 2 aliphatic rings. The summed E-state index contributed by atoms with van der Waals surface area (Å²) in [6, 6.07) is 3.84. The molecule has 5 N–H and O–H groups in total. The van der Waals surface area contributed by atoms with Crippen LogP contribution in [0.3, 0.4) is 0 Å². The summed E-state index contributed by atoms with van der Waals surface area (Å²) in [5.41, 5.74) is 4.57. The van der Waals surface area contributed by atoms with Crippen molar-refractivity contribution < 1.29 is 19.1 Å². The Balaban J connectivity index is 0.000000203. The first-order chi connectivity index (χ1) is 20.1. The van der Waals surface area contributed by atoms with E-state index in [1.807, 2.05) is 53.7 Å². The van der Waals surface area contributed by atoms with Crippen molar-refractivity contribution in [2.75, 3.05) is 37.2 Å². The number of H-pyrrole nitrogens is 2. The highest BCUT2D eigenvalue weighted by Gasteiger charge is 2.36. The van der Waals surface area contributed by atoms with E-state index in [1.54, 1.807) is 9.80 Å². The quantitative estimate of drug-likeness (QED) is 0.299. The Morgan fingerprint density at radius 2 is 1.53 bits per heavy atom. The Morgan fingerprint density at radius 1 is 0.953 bits per heavy atom. The van der Waals surface area contributed by atoms with Crippen molar-refractivity contribution in [2.24, 2.45) is 0 Å². The van der Waals surface area contributed by atoms with Gasteiger partial charge in [0.15, 0.2) is 0 Å². The first-order valence-electron chi connectivity index (χ1n) is 14.2. The minimum Gasteiger partial charge on any atom is -0.444 e. The summed E-state index contributed by atoms with van der Waals surface area (Å²) in [7, 11) is 0. The van der Waals surface area contributed by atoms with Crippen LogP contribution in [0.15, 0.2) is 12.1 Å². The van der Waals surface area contributed by atoms with Gasteiger partial charge in [-0.05, 0) is 66.5 Å². The largest absolute Gasteiger partial charge is 0.444 e. The second-order valence-electron chi connectivity index (χ2n) is 12.5. The molecule has 0 spiro atoms. The van der Waals surface area contributed by atoms with Gasteiger partial charge in [-0.15, -0.1) is 21.5 Å². The molecule has 5 rings (SSSR count). The Labute approximate surface area is 260 Å². The number of rotatable bonds is 5. The summed E-state index contributed by atoms with van der Waals surface area (Å²) in [6.07, 6.45) is 1.15. The molecular formula is C27H41ClN10O4S. The first-order valence-corrected chi connectivity index (χ1v) is 15.4. The number of likely N-dealkylation sites (tertiary alicyclic amines) is 2. The molecule has 16 heteroatoms. The topological polar surface area (TPSA) is 180 Å². The third-order valence-electron chi connectivity index (χ3n) is 6.53. The van der Waals surface area contributed by atoms with E-state index in [4.69, 9.17) is 26.8 Å². The Kier molecular flexibility index (Phi) is 10.1. The molecular weight excluding hydrogens is 596 g/mol. The van der Waals surface area contributed by atoms with Gasteiger partial charge < -0.3 is 30.3 Å². The van der Waals surface area contributed by atoms with Crippen LogP contribution < -0.4 is 11.1 Å². The molecule has 0 unspecified atom stereocenters. The van der Waals surface area contributed by atoms with E-state index >= 15 is 0 Å². The summed E-state index contributed by atoms with van der Waals surface area (Å²) in [5, 5.41) is 16.9. The molecule has 2 aliphatic heterocycles. The Hall–Kier alpha value is -3.59. The number of nitrogens with one attached hydrogen (secondary N) is 3. The number of amides is 2. The molecule has 0 aromatic carbocycles. The number of hydrogen-bond donors (Lipinski definition) is 4. The monoisotopic (exact) mass is 636 g/mol. The summed E-state index contributed by atoms with van der Waals surface area (Å²) >= 11 is 7.43. The van der Waals surface area contributed by atoms with Gasteiger partial charge in [-0.1, -0.05) is 11.6 Å². The van der Waals surface area contributed by atoms with Crippen LogP contribution in [-0.2, 0) is 16.0 Å². The number of nitrogen functional groups attached to an aromatic ring is 1. The lowest BCUT2D eigenvalue weighted by atomic mass is 9.96. The molecule has 236 valence electrons. The number of halogens is 1. The number of aromatic nitrogens is 6. The van der Waals surface area contributed by atoms with Crippen molar-refractivity contribution in [2.45, 2.75) is 84.0 Å². The summed E-state index contributed by atoms with van der Waals surface area (Å²) in [6.45, 7) is 14.3. The standard InChI is InChI=1S/C15H20ClN5O2S.C12H21N5O2/c1-15(2,3)23-14(22)21-7-9(8-21)12-18-13(20-19-12)17-6-10-4-5-11(16)24-10;1-12(2,3)19-11(18)17-6-4-8(5-7-17)9-14-10(13)16-15-9/h4-5,9H,6-8H2,1-3H3,(H2,17,18,19,20);8H,4-7H2,1-3H3,(H3,13,14,15,16). The van der Waals surface area contributed by atoms with Crippen LogP contribution in [0.25, 0.3) is 0 Å². The minimum atomic E-state index is -0.476. The second-order valence-corrected chi connectivity index (χ2v) is 14.3. The number of anilines is 2. The number of hydrogen-bond acceptors (Lipinski definition) is 11. The van der Waals surface area contributed by atoms with Gasteiger partial charge >= 0.3 is 12.2 Å². The van der Waals surface area contributed by atoms with Gasteiger partial charge in [0.05, 0.1) is 16.8 Å². The van der Waals surface area contributed by atoms with E-state index in [0.717, 1.165) is 33.7 Å². The van der Waals surface area contributed by atoms with E-state index in [0.29, 0.717) is 38.7 Å². The maximum Gasteiger partial charge on any atom is 0.410 e. The molecule has 0 saturated carbocycles. The smallest absolute Gasteiger partial charge is 0.410 e. The van der Waals surface area contributed by atoms with Crippen LogP contribution >= 0.6 is 22.9 Å². The lowest BCUT2D eigenvalue weighted by Gasteiger charge is -2.38. The summed E-state index contributed by atoms with van der Waals surface area (Å²) in [4.78, 5) is 36.9. The average molecular weight is 637 g/mol. The van der Waals surface area contributed by atoms with Gasteiger partial charge in [0.25, 0.3) is 0 Å². The Morgan fingerprint density at radius 3 is 2.07 bits per heavy atom. The zero-order chi connectivity index (χ0) is 31.4. The molecule has 2 saturated heterocycles. The van der Waals surface area contributed by atoms with E-state index in [2.05, 4.69) is 35.7 Å². The van der Waals surface area contributed by atoms with Crippen molar-refractivity contribution >= 4 is 47.0 Å². The van der Waals surface area contributed by atoms with Crippen LogP contribution in [0, 0.1) is 0 Å². The zero-order valence-corrected chi connectivity index (χ0v) is 27.0. The fraction of sp³-hybridized carbons (Fsp3) is 0.630. The van der Waals surface area contributed by atoms with Crippen molar-refractivity contribution in [1.29, 1.82) is 0 Å². The van der Waals surface area contributed by atoms with Crippen molar-refractivity contribution in [1.82, 2.24) is 40.2 Å². The fourth-order valence-corrected chi connectivity index (χ4v) is 5.44. The predicted octanol–water partition coefficient (Wildman–Crippen LogP) is 4.97. The number of piperidine rings is 1. The number of ether oxygens (including phenoxy) is 2. The highest BCUT2D eigenvalue weighted by Crippen LogP contribution is 2.28. The molecule has 0 aliphatic carbocycles. The second kappa shape index (κ2) is 13.4. The SMILES string of the molecule is CC(C)(C)OC(=O)N1CC(c2nc(NCc3ccc(Cl)s3)n[nH]2)C1.CC(C)(C)OC(=O)N1CCC(c2nc(N)n[nH]2)CC1. The van der Waals surface area contributed by atoms with Gasteiger partial charge in [0, 0.05) is 37.0 Å². The molecule has 0 radical (unpaired) electrons. The molecule has 3 aromatic heterocycles.